The van der Waals surface area contributed by atoms with Crippen molar-refractivity contribution < 1.29 is 32.9 Å². The summed E-state index contributed by atoms with van der Waals surface area (Å²) >= 11 is 0. The zero-order chi connectivity index (χ0) is 26.2. The number of nitrogens with zero attached hydrogens (tertiary/aromatic N) is 5. The van der Waals surface area contributed by atoms with E-state index in [1.165, 1.54) is 35.5 Å². The molecule has 37 heavy (non-hydrogen) atoms. The number of hydrogen-bond donors (Lipinski definition) is 3. The number of benzene rings is 1. The summed E-state index contributed by atoms with van der Waals surface area (Å²) in [6, 6.07) is 7.04. The number of aliphatic hydroxyl groups excluding tert-OH is 2. The van der Waals surface area contributed by atoms with Crippen LogP contribution in [0.3, 0.4) is 0 Å². The largest absolute Gasteiger partial charge is 0.491 e. The molecular weight excluding hydrogens is 493 g/mol. The number of urea groups is 1. The molecule has 0 saturated carbocycles. The molecule has 1 saturated heterocycles. The number of aromatic nitrogens is 3. The van der Waals surface area contributed by atoms with Crippen molar-refractivity contribution in [3.8, 4) is 17.1 Å². The van der Waals surface area contributed by atoms with Gasteiger partial charge in [0.05, 0.1) is 30.1 Å². The molecular formula is C24H23F3N6O4. The topological polar surface area (TPSA) is 124 Å². The van der Waals surface area contributed by atoms with Gasteiger partial charge in [-0.2, -0.15) is 13.2 Å². The first-order valence-electron chi connectivity index (χ1n) is 11.5. The molecule has 3 N–H and O–H groups in total. The highest BCUT2D eigenvalue weighted by Gasteiger charge is 2.41. The first kappa shape index (κ1) is 24.7. The quantitative estimate of drug-likeness (QED) is 0.457. The van der Waals surface area contributed by atoms with Gasteiger partial charge in [-0.3, -0.25) is 10.2 Å². The summed E-state index contributed by atoms with van der Waals surface area (Å²) in [7, 11) is 0. The van der Waals surface area contributed by atoms with Gasteiger partial charge in [0.1, 0.15) is 24.3 Å². The van der Waals surface area contributed by atoms with Gasteiger partial charge in [0.25, 0.3) is 0 Å². The van der Waals surface area contributed by atoms with E-state index in [2.05, 4.69) is 20.3 Å². The van der Waals surface area contributed by atoms with Gasteiger partial charge >= 0.3 is 12.2 Å². The summed E-state index contributed by atoms with van der Waals surface area (Å²) in [5.74, 6) is 0.890. The van der Waals surface area contributed by atoms with Crippen LogP contribution in [0.5, 0.6) is 5.75 Å². The van der Waals surface area contributed by atoms with E-state index in [9.17, 15) is 23.1 Å². The Bertz CT molecular complexity index is 1310. The Labute approximate surface area is 209 Å². The number of aliphatic hydroxyl groups is 2. The number of halogens is 3. The minimum atomic E-state index is -4.51. The predicted molar refractivity (Wildman–Crippen MR) is 127 cm³/mol. The van der Waals surface area contributed by atoms with Crippen LogP contribution in [0.25, 0.3) is 11.4 Å². The molecule has 2 amide bonds. The lowest BCUT2D eigenvalue weighted by atomic mass is 10.1. The fraction of sp³-hybridized carbons (Fsp3) is 0.333. The number of hydrogen-bond acceptors (Lipinski definition) is 8. The Morgan fingerprint density at radius 2 is 2.08 bits per heavy atom. The van der Waals surface area contributed by atoms with Gasteiger partial charge in [0.15, 0.2) is 11.6 Å². The molecule has 1 fully saturated rings. The zero-order valence-corrected chi connectivity index (χ0v) is 19.4. The van der Waals surface area contributed by atoms with Crippen LogP contribution >= 0.6 is 0 Å². The van der Waals surface area contributed by atoms with E-state index in [4.69, 9.17) is 9.84 Å². The van der Waals surface area contributed by atoms with Crippen molar-refractivity contribution in [2.24, 2.45) is 0 Å². The molecule has 1 aromatic carbocycles. The van der Waals surface area contributed by atoms with Crippen LogP contribution in [0.1, 0.15) is 12.0 Å². The highest BCUT2D eigenvalue weighted by atomic mass is 19.4. The number of rotatable bonds is 6. The Kier molecular flexibility index (Phi) is 6.56. The van der Waals surface area contributed by atoms with Crippen LogP contribution in [0, 0.1) is 0 Å². The lowest BCUT2D eigenvalue weighted by molar-refractivity contribution is -0.137. The van der Waals surface area contributed by atoms with Crippen LogP contribution in [-0.2, 0) is 6.18 Å². The standard InChI is InChI=1S/C24H23F3N6O4/c25-24(26,27)15-3-1-2-14(8-15)21-29-10-19-22(31-21)33(16-5-7-32(19)11-16)23(36)30-20-9-18(4-6-28-20)37-13-17(35)12-34/h1-4,6,8-10,16-17,34-35H,5,7,11-13H2,(H,28,30,36)/t16-,17?/m0/s1. The number of anilines is 3. The van der Waals surface area contributed by atoms with Crippen LogP contribution in [0.2, 0.25) is 0 Å². The van der Waals surface area contributed by atoms with E-state index in [0.29, 0.717) is 36.8 Å². The van der Waals surface area contributed by atoms with E-state index in [1.54, 1.807) is 6.07 Å². The minimum Gasteiger partial charge on any atom is -0.491 e. The Morgan fingerprint density at radius 3 is 2.86 bits per heavy atom. The van der Waals surface area contributed by atoms with Gasteiger partial charge in [0, 0.05) is 30.9 Å². The molecule has 0 aliphatic carbocycles. The maximum atomic E-state index is 13.4. The molecule has 2 aliphatic heterocycles. The second kappa shape index (κ2) is 9.82. The first-order chi connectivity index (χ1) is 17.7. The van der Waals surface area contributed by atoms with Crippen LogP contribution in [0.4, 0.5) is 35.3 Å². The summed E-state index contributed by atoms with van der Waals surface area (Å²) in [4.78, 5) is 29.9. The smallest absolute Gasteiger partial charge is 0.416 e. The highest BCUT2D eigenvalue weighted by molar-refractivity contribution is 6.04. The van der Waals surface area contributed by atoms with E-state index >= 15 is 0 Å². The summed E-state index contributed by atoms with van der Waals surface area (Å²) in [5.41, 5.74) is -0.0189. The van der Waals surface area contributed by atoms with Gasteiger partial charge in [-0.15, -0.1) is 0 Å². The summed E-state index contributed by atoms with van der Waals surface area (Å²) in [6.07, 6.45) is -1.93. The molecule has 4 heterocycles. The second-order valence-corrected chi connectivity index (χ2v) is 8.69. The maximum absolute atomic E-state index is 13.4. The number of carbonyl (C=O) groups excluding carboxylic acids is 1. The molecule has 0 radical (unpaired) electrons. The van der Waals surface area contributed by atoms with Gasteiger partial charge in [-0.25, -0.2) is 19.7 Å². The monoisotopic (exact) mass is 516 g/mol. The number of carbonyl (C=O) groups is 1. The van der Waals surface area contributed by atoms with E-state index in [1.807, 2.05) is 4.90 Å². The van der Waals surface area contributed by atoms with Crippen molar-refractivity contribution in [1.29, 1.82) is 0 Å². The molecule has 2 atom stereocenters. The molecule has 10 nitrogen and oxygen atoms in total. The molecule has 13 heteroatoms. The maximum Gasteiger partial charge on any atom is 0.416 e. The summed E-state index contributed by atoms with van der Waals surface area (Å²) in [5, 5.41) is 21.1. The fourth-order valence-electron chi connectivity index (χ4n) is 4.33. The average Bonchev–Trinajstić information content (AvgIpc) is 3.31. The Morgan fingerprint density at radius 1 is 1.24 bits per heavy atom. The van der Waals surface area contributed by atoms with Crippen LogP contribution in [-0.4, -0.2) is 69.6 Å². The molecule has 194 valence electrons. The summed E-state index contributed by atoms with van der Waals surface area (Å²) < 4.78 is 45.1. The van der Waals surface area contributed by atoms with Crippen molar-refractivity contribution in [3.63, 3.8) is 0 Å². The molecule has 5 rings (SSSR count). The number of pyridine rings is 1. The SMILES string of the molecule is O=C(Nc1cc(OCC(O)CO)ccn1)N1c2nc(-c3cccc(C(F)(F)F)c3)ncc2N2CC[C@H]1C2. The van der Waals surface area contributed by atoms with Crippen LogP contribution in [0.15, 0.2) is 48.8 Å². The number of amides is 2. The lowest BCUT2D eigenvalue weighted by Crippen LogP contribution is -2.48. The van der Waals surface area contributed by atoms with Crippen molar-refractivity contribution in [3.05, 3.63) is 54.4 Å². The molecule has 2 aromatic heterocycles. The highest BCUT2D eigenvalue weighted by Crippen LogP contribution is 2.40. The van der Waals surface area contributed by atoms with Gasteiger partial charge in [-0.05, 0) is 24.6 Å². The van der Waals surface area contributed by atoms with Gasteiger partial charge in [0.2, 0.25) is 0 Å². The third-order valence-electron chi connectivity index (χ3n) is 6.13. The average molecular weight is 516 g/mol. The van der Waals surface area contributed by atoms with E-state index < -0.39 is 30.5 Å². The van der Waals surface area contributed by atoms with Crippen molar-refractivity contribution in [2.75, 3.05) is 41.4 Å². The first-order valence-corrected chi connectivity index (χ1v) is 11.5. The summed E-state index contributed by atoms with van der Waals surface area (Å²) in [6.45, 7) is 0.664. The fourth-order valence-corrected chi connectivity index (χ4v) is 4.33. The lowest BCUT2D eigenvalue weighted by Gasteiger charge is -2.35. The molecule has 2 aliphatic rings. The van der Waals surface area contributed by atoms with Crippen molar-refractivity contribution >= 4 is 23.4 Å². The molecule has 1 unspecified atom stereocenters. The predicted octanol–water partition coefficient (Wildman–Crippen LogP) is 2.92. The third kappa shape index (κ3) is 5.13. The Hall–Kier alpha value is -3.97. The van der Waals surface area contributed by atoms with E-state index in [0.717, 1.165) is 12.1 Å². The van der Waals surface area contributed by atoms with Gasteiger partial charge in [-0.1, -0.05) is 12.1 Å². The number of alkyl halides is 3. The molecule has 2 bridgehead atoms. The molecule has 0 spiro atoms. The number of nitrogens with one attached hydrogen (secondary N) is 1. The zero-order valence-electron chi connectivity index (χ0n) is 19.4. The number of fused-ring (bicyclic) bond motifs is 4. The van der Waals surface area contributed by atoms with Crippen molar-refractivity contribution in [1.82, 2.24) is 15.0 Å². The Balaban J connectivity index is 1.42. The molecule has 3 aromatic rings. The van der Waals surface area contributed by atoms with Crippen molar-refractivity contribution in [2.45, 2.75) is 24.7 Å². The van der Waals surface area contributed by atoms with E-state index in [-0.39, 0.29) is 29.9 Å². The van der Waals surface area contributed by atoms with Gasteiger partial charge < -0.3 is 19.8 Å². The minimum absolute atomic E-state index is 0.0705. The van der Waals surface area contributed by atoms with Crippen LogP contribution < -0.4 is 19.9 Å². The number of ether oxygens (including phenoxy) is 1. The third-order valence-corrected chi connectivity index (χ3v) is 6.13. The second-order valence-electron chi connectivity index (χ2n) is 8.69. The normalized spacial score (nSPS) is 17.4.